The molecule has 166 valence electrons. The predicted molar refractivity (Wildman–Crippen MR) is 123 cm³/mol. The van der Waals surface area contributed by atoms with Gasteiger partial charge in [0.25, 0.3) is 11.6 Å². The van der Waals surface area contributed by atoms with Crippen LogP contribution in [0.4, 0.5) is 17.1 Å². The second-order valence-corrected chi connectivity index (χ2v) is 7.07. The summed E-state index contributed by atoms with van der Waals surface area (Å²) in [6, 6.07) is 19.3. The summed E-state index contributed by atoms with van der Waals surface area (Å²) < 4.78 is 10.9. The molecule has 0 aliphatic carbocycles. The smallest absolute Gasteiger partial charge is 0.293 e. The van der Waals surface area contributed by atoms with Crippen molar-refractivity contribution < 1.29 is 23.7 Å². The molecule has 4 aromatic rings. The van der Waals surface area contributed by atoms with Crippen LogP contribution < -0.4 is 15.4 Å². The highest BCUT2D eigenvalue weighted by Gasteiger charge is 2.22. The number of para-hydroxylation sites is 1. The first-order valence-electron chi connectivity index (χ1n) is 9.94. The first kappa shape index (κ1) is 21.6. The molecule has 0 fully saturated rings. The van der Waals surface area contributed by atoms with Crippen molar-refractivity contribution in [2.45, 2.75) is 0 Å². The number of nitrogens with zero attached hydrogens (tertiary/aromatic N) is 1. The zero-order chi connectivity index (χ0) is 23.4. The Balaban J connectivity index is 1.58. The first-order valence-corrected chi connectivity index (χ1v) is 9.94. The molecule has 0 radical (unpaired) electrons. The monoisotopic (exact) mass is 445 g/mol. The Morgan fingerprint density at radius 2 is 1.79 bits per heavy atom. The Morgan fingerprint density at radius 1 is 1.03 bits per heavy atom. The van der Waals surface area contributed by atoms with Crippen LogP contribution in [0, 0.1) is 10.1 Å². The number of ketones is 1. The maximum Gasteiger partial charge on any atom is 0.293 e. The van der Waals surface area contributed by atoms with Crippen LogP contribution in [0.5, 0.6) is 5.75 Å². The lowest BCUT2D eigenvalue weighted by Crippen LogP contribution is -2.17. The summed E-state index contributed by atoms with van der Waals surface area (Å²) in [7, 11) is 1.55. The number of nitro groups is 1. The van der Waals surface area contributed by atoms with E-state index in [4.69, 9.17) is 9.15 Å². The van der Waals surface area contributed by atoms with Crippen LogP contribution in [0.2, 0.25) is 0 Å². The van der Waals surface area contributed by atoms with Gasteiger partial charge < -0.3 is 19.8 Å². The van der Waals surface area contributed by atoms with Crippen LogP contribution in [0.1, 0.15) is 20.9 Å². The minimum Gasteiger partial charge on any atom is -0.497 e. The minimum absolute atomic E-state index is 0.0128. The van der Waals surface area contributed by atoms with Crippen molar-refractivity contribution in [2.75, 3.05) is 24.3 Å². The molecule has 1 aromatic heterocycles. The molecule has 0 saturated carbocycles. The van der Waals surface area contributed by atoms with Crippen LogP contribution in [-0.4, -0.2) is 30.3 Å². The third kappa shape index (κ3) is 4.67. The third-order valence-electron chi connectivity index (χ3n) is 4.95. The van der Waals surface area contributed by atoms with Crippen molar-refractivity contribution in [2.24, 2.45) is 0 Å². The molecule has 0 bridgehead atoms. The minimum atomic E-state index is -0.560. The molecule has 33 heavy (non-hydrogen) atoms. The number of nitro benzene ring substituents is 1. The molecule has 9 heteroatoms. The van der Waals surface area contributed by atoms with Crippen LogP contribution in [0.25, 0.3) is 11.0 Å². The van der Waals surface area contributed by atoms with Gasteiger partial charge in [-0.05, 0) is 36.4 Å². The van der Waals surface area contributed by atoms with E-state index in [1.54, 1.807) is 55.6 Å². The summed E-state index contributed by atoms with van der Waals surface area (Å²) in [6.07, 6.45) is 0. The summed E-state index contributed by atoms with van der Waals surface area (Å²) in [5.41, 5.74) is 1.39. The van der Waals surface area contributed by atoms with Crippen molar-refractivity contribution in [1.82, 2.24) is 0 Å². The number of carbonyl (C=O) groups is 2. The topological polar surface area (TPSA) is 124 Å². The molecule has 0 aliphatic heterocycles. The van der Waals surface area contributed by atoms with E-state index in [0.717, 1.165) is 0 Å². The first-order chi connectivity index (χ1) is 16.0. The number of amides is 1. The Bertz CT molecular complexity index is 1340. The Kier molecular flexibility index (Phi) is 6.03. The van der Waals surface area contributed by atoms with Gasteiger partial charge in [-0.25, -0.2) is 0 Å². The maximum absolute atomic E-state index is 13.0. The lowest BCUT2D eigenvalue weighted by atomic mass is 10.1. The van der Waals surface area contributed by atoms with Crippen LogP contribution >= 0.6 is 0 Å². The van der Waals surface area contributed by atoms with Crippen LogP contribution in [0.15, 0.2) is 77.2 Å². The Morgan fingerprint density at radius 3 is 2.52 bits per heavy atom. The van der Waals surface area contributed by atoms with E-state index >= 15 is 0 Å². The van der Waals surface area contributed by atoms with E-state index in [1.165, 1.54) is 24.3 Å². The standard InChI is InChI=1S/C24H19N3O6/c1-32-18-11-9-16(10-12-18)26-24(29)23-22(19-7-2-3-8-21(19)33-23)25-14-20(28)15-5-4-6-17(13-15)27(30)31/h2-13,25H,14H2,1H3,(H,26,29). The van der Waals surface area contributed by atoms with E-state index in [2.05, 4.69) is 10.6 Å². The Labute approximate surface area is 188 Å². The van der Waals surface area contributed by atoms with Gasteiger partial charge in [-0.3, -0.25) is 19.7 Å². The molecule has 1 heterocycles. The summed E-state index contributed by atoms with van der Waals surface area (Å²) in [5, 5.41) is 17.4. The van der Waals surface area contributed by atoms with Gasteiger partial charge in [-0.2, -0.15) is 0 Å². The quantitative estimate of drug-likeness (QED) is 0.225. The van der Waals surface area contributed by atoms with Gasteiger partial charge >= 0.3 is 0 Å². The summed E-state index contributed by atoms with van der Waals surface area (Å²) in [5.74, 6) is -0.204. The fourth-order valence-electron chi connectivity index (χ4n) is 3.31. The van der Waals surface area contributed by atoms with Crippen molar-refractivity contribution in [3.63, 3.8) is 0 Å². The fourth-order valence-corrected chi connectivity index (χ4v) is 3.31. The average molecular weight is 445 g/mol. The van der Waals surface area contributed by atoms with Crippen molar-refractivity contribution in [3.8, 4) is 5.75 Å². The summed E-state index contributed by atoms with van der Waals surface area (Å²) in [6.45, 7) is -0.187. The number of nitrogens with one attached hydrogen (secondary N) is 2. The van der Waals surface area contributed by atoms with Gasteiger partial charge in [0.2, 0.25) is 5.76 Å². The molecule has 9 nitrogen and oxygen atoms in total. The normalized spacial score (nSPS) is 10.6. The largest absolute Gasteiger partial charge is 0.497 e. The zero-order valence-corrected chi connectivity index (χ0v) is 17.5. The van der Waals surface area contributed by atoms with Gasteiger partial charge in [0.1, 0.15) is 11.3 Å². The molecule has 0 aliphatic rings. The molecule has 0 unspecified atom stereocenters. The molecule has 2 N–H and O–H groups in total. The number of hydrogen-bond acceptors (Lipinski definition) is 7. The molecule has 0 spiro atoms. The van der Waals surface area contributed by atoms with E-state index in [1.807, 2.05) is 0 Å². The van der Waals surface area contributed by atoms with E-state index < -0.39 is 10.8 Å². The van der Waals surface area contributed by atoms with Crippen LogP contribution in [0.3, 0.4) is 0 Å². The number of methoxy groups -OCH3 is 1. The number of fused-ring (bicyclic) bond motifs is 1. The van der Waals surface area contributed by atoms with Gasteiger partial charge in [0.05, 0.1) is 24.3 Å². The SMILES string of the molecule is COc1ccc(NC(=O)c2oc3ccccc3c2NCC(=O)c2cccc([N+](=O)[O-])c2)cc1. The lowest BCUT2D eigenvalue weighted by molar-refractivity contribution is -0.384. The number of benzene rings is 3. The number of anilines is 2. The second-order valence-electron chi connectivity index (χ2n) is 7.07. The third-order valence-corrected chi connectivity index (χ3v) is 4.95. The second kappa shape index (κ2) is 9.23. The number of Topliss-reactive ketones (excluding diaryl/α,β-unsaturated/α-hetero) is 1. The van der Waals surface area contributed by atoms with E-state index in [9.17, 15) is 19.7 Å². The molecule has 0 saturated heterocycles. The number of hydrogen-bond donors (Lipinski definition) is 2. The molecule has 0 atom stereocenters. The summed E-state index contributed by atoms with van der Waals surface area (Å²) >= 11 is 0. The van der Waals surface area contributed by atoms with Gasteiger partial charge in [-0.15, -0.1) is 0 Å². The average Bonchev–Trinajstić information content (AvgIpc) is 3.22. The lowest BCUT2D eigenvalue weighted by Gasteiger charge is -2.08. The van der Waals surface area contributed by atoms with Crippen LogP contribution in [-0.2, 0) is 0 Å². The molecular formula is C24H19N3O6. The number of ether oxygens (including phenoxy) is 1. The number of furan rings is 1. The van der Waals surface area contributed by atoms with Gasteiger partial charge in [0.15, 0.2) is 5.78 Å². The number of carbonyl (C=O) groups excluding carboxylic acids is 2. The molecule has 1 amide bonds. The number of rotatable bonds is 8. The summed E-state index contributed by atoms with van der Waals surface area (Å²) in [4.78, 5) is 36.0. The number of non-ortho nitro benzene ring substituents is 1. The van der Waals surface area contributed by atoms with E-state index in [-0.39, 0.29) is 29.3 Å². The van der Waals surface area contributed by atoms with E-state index in [0.29, 0.717) is 28.1 Å². The van der Waals surface area contributed by atoms with Crippen molar-refractivity contribution in [3.05, 3.63) is 94.2 Å². The predicted octanol–water partition coefficient (Wildman–Crippen LogP) is 4.90. The van der Waals surface area contributed by atoms with Crippen molar-refractivity contribution in [1.29, 1.82) is 0 Å². The maximum atomic E-state index is 13.0. The molecule has 4 rings (SSSR count). The van der Waals surface area contributed by atoms with Gasteiger partial charge in [-0.1, -0.05) is 24.3 Å². The van der Waals surface area contributed by atoms with Gasteiger partial charge in [0, 0.05) is 28.8 Å². The zero-order valence-electron chi connectivity index (χ0n) is 17.5. The highest BCUT2D eigenvalue weighted by molar-refractivity contribution is 6.12. The highest BCUT2D eigenvalue weighted by atomic mass is 16.6. The molecular weight excluding hydrogens is 426 g/mol. The van der Waals surface area contributed by atoms with Crippen molar-refractivity contribution >= 4 is 39.7 Å². The Hall–Kier alpha value is -4.66. The molecule has 3 aromatic carbocycles. The fraction of sp³-hybridized carbons (Fsp3) is 0.0833. The highest BCUT2D eigenvalue weighted by Crippen LogP contribution is 2.31.